The summed E-state index contributed by atoms with van der Waals surface area (Å²) < 4.78 is 42.1. The van der Waals surface area contributed by atoms with Crippen LogP contribution in [0.4, 0.5) is 13.2 Å². The van der Waals surface area contributed by atoms with E-state index in [9.17, 15) is 18.0 Å². The number of amides is 1. The highest BCUT2D eigenvalue weighted by Crippen LogP contribution is 2.22. The molecule has 1 fully saturated rings. The van der Waals surface area contributed by atoms with E-state index in [2.05, 4.69) is 15.5 Å². The maximum atomic E-state index is 12.4. The van der Waals surface area contributed by atoms with Gasteiger partial charge in [-0.15, -0.1) is 0 Å². The molecule has 2 heterocycles. The van der Waals surface area contributed by atoms with Gasteiger partial charge in [0.2, 0.25) is 5.89 Å². The summed E-state index contributed by atoms with van der Waals surface area (Å²) in [6.07, 6.45) is -2.88. The Bertz CT molecular complexity index is 485. The molecular formula is C11H15F3N4O3. The molecule has 0 aromatic carbocycles. The van der Waals surface area contributed by atoms with E-state index in [0.29, 0.717) is 4.90 Å². The number of carbonyl (C=O) groups is 1. The van der Waals surface area contributed by atoms with Gasteiger partial charge in [0, 0.05) is 6.54 Å². The molecule has 1 amide bonds. The van der Waals surface area contributed by atoms with Crippen LogP contribution in [0, 0.1) is 0 Å². The van der Waals surface area contributed by atoms with Crippen molar-refractivity contribution in [1.29, 1.82) is 0 Å². The smallest absolute Gasteiger partial charge is 0.395 e. The highest BCUT2D eigenvalue weighted by Gasteiger charge is 2.35. The first-order chi connectivity index (χ1) is 9.90. The van der Waals surface area contributed by atoms with E-state index >= 15 is 0 Å². The van der Waals surface area contributed by atoms with Gasteiger partial charge in [-0.05, 0) is 19.4 Å². The third-order valence-electron chi connectivity index (χ3n) is 3.02. The van der Waals surface area contributed by atoms with Gasteiger partial charge in [0.15, 0.2) is 0 Å². The van der Waals surface area contributed by atoms with Crippen LogP contribution >= 0.6 is 0 Å². The van der Waals surface area contributed by atoms with E-state index in [0.717, 1.165) is 19.4 Å². The summed E-state index contributed by atoms with van der Waals surface area (Å²) in [6, 6.07) is -0.173. The zero-order valence-electron chi connectivity index (χ0n) is 11.1. The average molecular weight is 308 g/mol. The molecule has 1 aliphatic heterocycles. The van der Waals surface area contributed by atoms with Gasteiger partial charge in [0.1, 0.15) is 6.54 Å². The molecule has 118 valence electrons. The highest BCUT2D eigenvalue weighted by molar-refractivity contribution is 5.90. The minimum absolute atomic E-state index is 0.173. The van der Waals surface area contributed by atoms with Crippen molar-refractivity contribution in [2.45, 2.75) is 25.1 Å². The molecule has 1 aromatic rings. The fourth-order valence-electron chi connectivity index (χ4n) is 2.09. The number of alkyl halides is 3. The standard InChI is InChI=1S/C11H15F3N4O3/c12-11(13,14)6-18(4-5-19)10(20)8-16-9(21-17-8)7-2-1-3-15-7/h7,15,19H,1-6H2. The SMILES string of the molecule is O=C(c1noc(C2CCCN2)n1)N(CCO)CC(F)(F)F. The highest BCUT2D eigenvalue weighted by atomic mass is 19.4. The third kappa shape index (κ3) is 4.14. The lowest BCUT2D eigenvalue weighted by Gasteiger charge is -2.21. The molecule has 0 radical (unpaired) electrons. The number of hydrogen-bond donors (Lipinski definition) is 2. The van der Waals surface area contributed by atoms with E-state index in [1.807, 2.05) is 0 Å². The van der Waals surface area contributed by atoms with Crippen molar-refractivity contribution in [1.82, 2.24) is 20.4 Å². The minimum Gasteiger partial charge on any atom is -0.395 e. The summed E-state index contributed by atoms with van der Waals surface area (Å²) in [6.45, 7) is -1.74. The second-order valence-electron chi connectivity index (χ2n) is 4.67. The van der Waals surface area contributed by atoms with Gasteiger partial charge in [-0.1, -0.05) is 5.16 Å². The molecule has 1 aromatic heterocycles. The Hall–Kier alpha value is -1.68. The van der Waals surface area contributed by atoms with Gasteiger partial charge >= 0.3 is 6.18 Å². The summed E-state index contributed by atoms with van der Waals surface area (Å²) in [4.78, 5) is 16.2. The van der Waals surface area contributed by atoms with Crippen molar-refractivity contribution in [2.24, 2.45) is 0 Å². The lowest BCUT2D eigenvalue weighted by atomic mass is 10.2. The predicted molar refractivity (Wildman–Crippen MR) is 63.3 cm³/mol. The van der Waals surface area contributed by atoms with E-state index in [1.54, 1.807) is 0 Å². The van der Waals surface area contributed by atoms with Crippen LogP contribution in [0.25, 0.3) is 0 Å². The number of rotatable bonds is 5. The average Bonchev–Trinajstić information content (AvgIpc) is 3.06. The molecule has 7 nitrogen and oxygen atoms in total. The fourth-order valence-corrected chi connectivity index (χ4v) is 2.09. The number of halogens is 3. The Balaban J connectivity index is 2.09. The summed E-state index contributed by atoms with van der Waals surface area (Å²) in [5.74, 6) is -1.27. The Labute approximate surface area is 118 Å². The Morgan fingerprint density at radius 3 is 2.86 bits per heavy atom. The molecule has 1 aliphatic rings. The summed E-state index contributed by atoms with van der Waals surface area (Å²) in [5, 5.41) is 15.3. The van der Waals surface area contributed by atoms with Gasteiger partial charge in [-0.3, -0.25) is 4.79 Å². The van der Waals surface area contributed by atoms with Gasteiger partial charge < -0.3 is 19.8 Å². The number of nitrogens with zero attached hydrogens (tertiary/aromatic N) is 3. The largest absolute Gasteiger partial charge is 0.406 e. The number of aromatic nitrogens is 2. The quantitative estimate of drug-likeness (QED) is 0.822. The summed E-state index contributed by atoms with van der Waals surface area (Å²) in [7, 11) is 0. The molecule has 2 rings (SSSR count). The van der Waals surface area contributed by atoms with Crippen molar-refractivity contribution in [3.8, 4) is 0 Å². The van der Waals surface area contributed by atoms with Crippen molar-refractivity contribution in [3.05, 3.63) is 11.7 Å². The third-order valence-corrected chi connectivity index (χ3v) is 3.02. The van der Waals surface area contributed by atoms with Crippen LogP contribution < -0.4 is 5.32 Å². The molecule has 21 heavy (non-hydrogen) atoms. The Kier molecular flexibility index (Phi) is 4.78. The number of aliphatic hydroxyl groups is 1. The van der Waals surface area contributed by atoms with Crippen molar-refractivity contribution < 1.29 is 27.6 Å². The second-order valence-corrected chi connectivity index (χ2v) is 4.67. The monoisotopic (exact) mass is 308 g/mol. The van der Waals surface area contributed by atoms with Crippen LogP contribution in [-0.2, 0) is 0 Å². The molecule has 2 N–H and O–H groups in total. The van der Waals surface area contributed by atoms with E-state index < -0.39 is 37.6 Å². The van der Waals surface area contributed by atoms with Crippen LogP contribution in [0.2, 0.25) is 0 Å². The van der Waals surface area contributed by atoms with E-state index in [1.165, 1.54) is 0 Å². The maximum Gasteiger partial charge on any atom is 0.406 e. The van der Waals surface area contributed by atoms with E-state index in [-0.39, 0.29) is 11.9 Å². The van der Waals surface area contributed by atoms with Crippen LogP contribution in [0.1, 0.15) is 35.4 Å². The summed E-state index contributed by atoms with van der Waals surface area (Å²) in [5.41, 5.74) is 0. The molecule has 0 saturated carbocycles. The van der Waals surface area contributed by atoms with Crippen LogP contribution in [-0.4, -0.2) is 58.5 Å². The lowest BCUT2D eigenvalue weighted by Crippen LogP contribution is -2.41. The van der Waals surface area contributed by atoms with Crippen molar-refractivity contribution >= 4 is 5.91 Å². The summed E-state index contributed by atoms with van der Waals surface area (Å²) >= 11 is 0. The zero-order valence-corrected chi connectivity index (χ0v) is 11.1. The maximum absolute atomic E-state index is 12.4. The molecule has 1 atom stereocenters. The fraction of sp³-hybridized carbons (Fsp3) is 0.727. The van der Waals surface area contributed by atoms with E-state index in [4.69, 9.17) is 9.63 Å². The minimum atomic E-state index is -4.57. The van der Waals surface area contributed by atoms with Gasteiger partial charge in [0.05, 0.1) is 12.6 Å². The number of hydrogen-bond acceptors (Lipinski definition) is 6. The predicted octanol–water partition coefficient (Wildman–Crippen LogP) is 0.491. The van der Waals surface area contributed by atoms with Crippen LogP contribution in [0.3, 0.4) is 0 Å². The Morgan fingerprint density at radius 1 is 1.52 bits per heavy atom. The first-order valence-corrected chi connectivity index (χ1v) is 6.44. The number of nitrogens with one attached hydrogen (secondary N) is 1. The second kappa shape index (κ2) is 6.39. The molecule has 0 spiro atoms. The first kappa shape index (κ1) is 15.7. The van der Waals surface area contributed by atoms with Gasteiger partial charge in [0.25, 0.3) is 11.7 Å². The molecule has 1 saturated heterocycles. The first-order valence-electron chi connectivity index (χ1n) is 6.44. The van der Waals surface area contributed by atoms with Gasteiger partial charge in [-0.2, -0.15) is 18.2 Å². The normalized spacial score (nSPS) is 19.0. The molecular weight excluding hydrogens is 293 g/mol. The zero-order chi connectivity index (χ0) is 15.5. The van der Waals surface area contributed by atoms with Crippen LogP contribution in [0.5, 0.6) is 0 Å². The molecule has 0 aliphatic carbocycles. The Morgan fingerprint density at radius 2 is 2.29 bits per heavy atom. The number of carbonyl (C=O) groups excluding carboxylic acids is 1. The topological polar surface area (TPSA) is 91.5 Å². The van der Waals surface area contributed by atoms with Crippen molar-refractivity contribution in [2.75, 3.05) is 26.2 Å². The lowest BCUT2D eigenvalue weighted by molar-refractivity contribution is -0.141. The molecule has 0 bridgehead atoms. The van der Waals surface area contributed by atoms with Crippen molar-refractivity contribution in [3.63, 3.8) is 0 Å². The van der Waals surface area contributed by atoms with Gasteiger partial charge in [-0.25, -0.2) is 0 Å². The molecule has 1 unspecified atom stereocenters. The molecule has 10 heteroatoms. The van der Waals surface area contributed by atoms with Crippen LogP contribution in [0.15, 0.2) is 4.52 Å². The number of aliphatic hydroxyl groups excluding tert-OH is 1.